The summed E-state index contributed by atoms with van der Waals surface area (Å²) in [6, 6.07) is 15.5. The summed E-state index contributed by atoms with van der Waals surface area (Å²) in [5.41, 5.74) is 1.89. The number of hydrogen-bond donors (Lipinski definition) is 2. The molecule has 0 spiro atoms. The van der Waals surface area contributed by atoms with Crippen molar-refractivity contribution in [1.29, 1.82) is 0 Å². The third-order valence-electron chi connectivity index (χ3n) is 4.59. The average Bonchev–Trinajstić information content (AvgIpc) is 2.55. The van der Waals surface area contributed by atoms with Gasteiger partial charge < -0.3 is 19.8 Å². The smallest absolute Gasteiger partial charge is 0.151 e. The van der Waals surface area contributed by atoms with Crippen molar-refractivity contribution in [2.75, 3.05) is 4.90 Å². The van der Waals surface area contributed by atoms with E-state index in [4.69, 9.17) is 4.74 Å². The highest BCUT2D eigenvalue weighted by molar-refractivity contribution is 5.78. The van der Waals surface area contributed by atoms with Crippen molar-refractivity contribution in [2.45, 2.75) is 37.5 Å². The van der Waals surface area contributed by atoms with E-state index in [0.717, 1.165) is 35.7 Å². The number of anilines is 2. The van der Waals surface area contributed by atoms with E-state index >= 15 is 0 Å². The Morgan fingerprint density at radius 3 is 2.09 bits per heavy atom. The van der Waals surface area contributed by atoms with Crippen LogP contribution in [0.5, 0.6) is 11.5 Å². The molecule has 0 amide bonds. The van der Waals surface area contributed by atoms with Gasteiger partial charge in [-0.2, -0.15) is 0 Å². The lowest BCUT2D eigenvalue weighted by Gasteiger charge is -2.43. The molecule has 0 radical (unpaired) electrons. The summed E-state index contributed by atoms with van der Waals surface area (Å²) in [6.07, 6.45) is 0.991. The Hall–Kier alpha value is -2.04. The van der Waals surface area contributed by atoms with Gasteiger partial charge in [-0.05, 0) is 43.5 Å². The first kappa shape index (κ1) is 13.6. The minimum Gasteiger partial charge on any atom is -0.453 e. The van der Waals surface area contributed by atoms with Gasteiger partial charge in [0.1, 0.15) is 6.10 Å². The summed E-state index contributed by atoms with van der Waals surface area (Å²) in [7, 11) is 0. The Balaban J connectivity index is 1.84. The topological polar surface area (TPSA) is 52.9 Å². The molecule has 1 aliphatic heterocycles. The molecular formula is C18H19NO3. The number of aliphatic hydroxyl groups is 2. The first-order valence-corrected chi connectivity index (χ1v) is 7.77. The maximum Gasteiger partial charge on any atom is 0.151 e. The van der Waals surface area contributed by atoms with E-state index in [1.165, 1.54) is 0 Å². The Morgan fingerprint density at radius 1 is 0.864 bits per heavy atom. The van der Waals surface area contributed by atoms with Gasteiger partial charge in [-0.25, -0.2) is 0 Å². The first-order valence-electron chi connectivity index (χ1n) is 7.77. The molecule has 0 bridgehead atoms. The maximum absolute atomic E-state index is 10.5. The molecular weight excluding hydrogens is 278 g/mol. The number of aliphatic hydroxyl groups excluding tert-OH is 2. The van der Waals surface area contributed by atoms with Crippen LogP contribution >= 0.6 is 0 Å². The van der Waals surface area contributed by atoms with Gasteiger partial charge in [-0.3, -0.25) is 0 Å². The van der Waals surface area contributed by atoms with Crippen LogP contribution in [0.3, 0.4) is 0 Å². The molecule has 1 saturated carbocycles. The maximum atomic E-state index is 10.5. The predicted molar refractivity (Wildman–Crippen MR) is 84.7 cm³/mol. The molecule has 2 N–H and O–H groups in total. The van der Waals surface area contributed by atoms with Gasteiger partial charge in [0.05, 0.1) is 23.5 Å². The van der Waals surface area contributed by atoms with Crippen molar-refractivity contribution in [2.24, 2.45) is 0 Å². The van der Waals surface area contributed by atoms with E-state index in [1.807, 2.05) is 48.5 Å². The van der Waals surface area contributed by atoms with Gasteiger partial charge in [0.15, 0.2) is 11.5 Å². The van der Waals surface area contributed by atoms with Gasteiger partial charge >= 0.3 is 0 Å². The van der Waals surface area contributed by atoms with Crippen LogP contribution in [0.25, 0.3) is 0 Å². The van der Waals surface area contributed by atoms with Gasteiger partial charge in [-0.1, -0.05) is 24.3 Å². The van der Waals surface area contributed by atoms with Gasteiger partial charge in [0, 0.05) is 0 Å². The number of ether oxygens (including phenoxy) is 1. The molecule has 4 heteroatoms. The van der Waals surface area contributed by atoms with E-state index in [1.54, 1.807) is 0 Å². The molecule has 22 heavy (non-hydrogen) atoms. The SMILES string of the molecule is O[C@@H]1C(N2c3ccccc3Oc3ccccc32)CCC[C@@H]1O. The highest BCUT2D eigenvalue weighted by Gasteiger charge is 2.38. The molecule has 2 aliphatic rings. The third kappa shape index (κ3) is 2.07. The molecule has 1 heterocycles. The van der Waals surface area contributed by atoms with Crippen molar-refractivity contribution in [3.05, 3.63) is 48.5 Å². The molecule has 4 nitrogen and oxygen atoms in total. The Labute approximate surface area is 129 Å². The van der Waals surface area contributed by atoms with E-state index in [2.05, 4.69) is 4.90 Å². The molecule has 4 rings (SSSR count). The van der Waals surface area contributed by atoms with Crippen LogP contribution in [-0.2, 0) is 0 Å². The molecule has 3 atom stereocenters. The zero-order chi connectivity index (χ0) is 15.1. The van der Waals surface area contributed by atoms with E-state index in [9.17, 15) is 10.2 Å². The molecule has 2 aromatic rings. The zero-order valence-electron chi connectivity index (χ0n) is 12.2. The van der Waals surface area contributed by atoms with Crippen molar-refractivity contribution in [1.82, 2.24) is 0 Å². The zero-order valence-corrected chi connectivity index (χ0v) is 12.2. The molecule has 1 aliphatic carbocycles. The third-order valence-corrected chi connectivity index (χ3v) is 4.59. The van der Waals surface area contributed by atoms with Crippen LogP contribution in [0, 0.1) is 0 Å². The first-order chi connectivity index (χ1) is 10.8. The average molecular weight is 297 g/mol. The second kappa shape index (κ2) is 5.30. The number of nitrogens with zero attached hydrogens (tertiary/aromatic N) is 1. The van der Waals surface area contributed by atoms with Gasteiger partial charge in [0.25, 0.3) is 0 Å². The summed E-state index contributed by atoms with van der Waals surface area (Å²) in [5, 5.41) is 20.6. The second-order valence-electron chi connectivity index (χ2n) is 5.96. The number of rotatable bonds is 1. The van der Waals surface area contributed by atoms with Crippen LogP contribution in [0.15, 0.2) is 48.5 Å². The minimum atomic E-state index is -0.757. The van der Waals surface area contributed by atoms with Crippen molar-refractivity contribution in [3.63, 3.8) is 0 Å². The fourth-order valence-corrected chi connectivity index (χ4v) is 3.51. The normalized spacial score (nSPS) is 26.8. The van der Waals surface area contributed by atoms with Crippen LogP contribution < -0.4 is 9.64 Å². The van der Waals surface area contributed by atoms with Crippen molar-refractivity contribution < 1.29 is 14.9 Å². The monoisotopic (exact) mass is 297 g/mol. The Morgan fingerprint density at radius 2 is 1.45 bits per heavy atom. The van der Waals surface area contributed by atoms with Gasteiger partial charge in [0.2, 0.25) is 0 Å². The van der Waals surface area contributed by atoms with Crippen LogP contribution in [0.2, 0.25) is 0 Å². The standard InChI is InChI=1S/C18H19NO3/c20-15-9-5-8-14(18(15)21)19-12-6-1-3-10-16(12)22-17-11-4-2-7-13(17)19/h1-4,6-7,10-11,14-15,18,20-21H,5,8-9H2/t14?,15-,18+/m0/s1. The largest absolute Gasteiger partial charge is 0.453 e. The minimum absolute atomic E-state index is 0.144. The lowest BCUT2D eigenvalue weighted by molar-refractivity contribution is -0.0206. The molecule has 1 unspecified atom stereocenters. The lowest BCUT2D eigenvalue weighted by Crippen LogP contribution is -2.50. The molecule has 0 saturated heterocycles. The van der Waals surface area contributed by atoms with Crippen molar-refractivity contribution in [3.8, 4) is 11.5 Å². The van der Waals surface area contributed by atoms with Crippen LogP contribution in [-0.4, -0.2) is 28.5 Å². The number of fused-ring (bicyclic) bond motifs is 2. The van der Waals surface area contributed by atoms with Crippen LogP contribution in [0.4, 0.5) is 11.4 Å². The second-order valence-corrected chi connectivity index (χ2v) is 5.96. The molecule has 0 aromatic heterocycles. The molecule has 2 aromatic carbocycles. The van der Waals surface area contributed by atoms with E-state index in [-0.39, 0.29) is 6.04 Å². The number of hydrogen-bond acceptors (Lipinski definition) is 4. The fourth-order valence-electron chi connectivity index (χ4n) is 3.51. The van der Waals surface area contributed by atoms with Gasteiger partial charge in [-0.15, -0.1) is 0 Å². The Bertz CT molecular complexity index is 642. The van der Waals surface area contributed by atoms with E-state index < -0.39 is 12.2 Å². The summed E-state index contributed by atoms with van der Waals surface area (Å²) in [6.45, 7) is 0. The molecule has 114 valence electrons. The van der Waals surface area contributed by atoms with Crippen LogP contribution in [0.1, 0.15) is 19.3 Å². The predicted octanol–water partition coefficient (Wildman–Crippen LogP) is 3.20. The fraction of sp³-hybridized carbons (Fsp3) is 0.333. The summed E-state index contributed by atoms with van der Waals surface area (Å²) >= 11 is 0. The highest BCUT2D eigenvalue weighted by Crippen LogP contribution is 2.48. The van der Waals surface area contributed by atoms with E-state index in [0.29, 0.717) is 6.42 Å². The van der Waals surface area contributed by atoms with Crippen molar-refractivity contribution >= 4 is 11.4 Å². The summed E-state index contributed by atoms with van der Waals surface area (Å²) < 4.78 is 5.97. The highest BCUT2D eigenvalue weighted by atomic mass is 16.5. The summed E-state index contributed by atoms with van der Waals surface area (Å²) in [5.74, 6) is 1.57. The number of benzene rings is 2. The lowest BCUT2D eigenvalue weighted by atomic mass is 9.88. The summed E-state index contributed by atoms with van der Waals surface area (Å²) in [4.78, 5) is 2.13. The number of para-hydroxylation sites is 4. The molecule has 1 fully saturated rings. The Kier molecular flexibility index (Phi) is 3.28. The quantitative estimate of drug-likeness (QED) is 0.848.